The standard InChI is InChI=1S/C20H23NO2.C20H27NO.C10H20O2.C4H4O4/c1-15-12-18(13-16-6-4-5-7-19(15)16)23-20(8-10-21(2)3)17-9-11-22-14-17;1-21-14-13-20(17-8-3-2-4-9-17)22-19-12-11-16-7-5-6-10-18(16)15-19;1-2-3-4-5-6-7-8-9-10(11)12;5-3(6)1-2-4(7)8/h4-7,9,11-14,20H,8,10H2,1-3H3;5-7,10-12,15,17,20-21H,2-4,8-9,13-14H2,1H3;2-9H2,1H3,(H,11,12);1-2H,(H,5,6)(H,7,8)/b;;;2-1-. The SMILES string of the molecule is CCCCCCCCCC(=O)O.CNCCC(Oc1ccc2ccccc2c1)C1CCCCC1.Cc1cc(OC(CCN(C)C)c2ccoc2)cc2ccccc12.O=C(O)/C=C\C(=O)O. The summed E-state index contributed by atoms with van der Waals surface area (Å²) in [6.45, 7) is 6.31. The second-order valence-corrected chi connectivity index (χ2v) is 16.9. The summed E-state index contributed by atoms with van der Waals surface area (Å²) in [4.78, 5) is 31.4. The lowest BCUT2D eigenvalue weighted by atomic mass is 9.84. The van der Waals surface area contributed by atoms with Gasteiger partial charge in [-0.2, -0.15) is 0 Å². The van der Waals surface area contributed by atoms with Crippen LogP contribution < -0.4 is 14.8 Å². The Morgan fingerprint density at radius 2 is 1.38 bits per heavy atom. The molecular weight excluding hydrogens is 821 g/mol. The summed E-state index contributed by atoms with van der Waals surface area (Å²) in [7, 11) is 6.17. The van der Waals surface area contributed by atoms with Gasteiger partial charge in [0.15, 0.2) is 0 Å². The van der Waals surface area contributed by atoms with E-state index < -0.39 is 17.9 Å². The summed E-state index contributed by atoms with van der Waals surface area (Å²) in [5.41, 5.74) is 2.31. The average molecular weight is 895 g/mol. The third-order valence-corrected chi connectivity index (χ3v) is 11.3. The van der Waals surface area contributed by atoms with Crippen LogP contribution in [0.1, 0.15) is 120 Å². The summed E-state index contributed by atoms with van der Waals surface area (Å²) in [6.07, 6.45) is 22.3. The van der Waals surface area contributed by atoms with Gasteiger partial charge in [-0.15, -0.1) is 0 Å². The van der Waals surface area contributed by atoms with E-state index in [1.54, 1.807) is 12.5 Å². The molecule has 1 aromatic heterocycles. The van der Waals surface area contributed by atoms with Crippen molar-refractivity contribution in [2.75, 3.05) is 34.2 Å². The summed E-state index contributed by atoms with van der Waals surface area (Å²) in [6, 6.07) is 29.6. The van der Waals surface area contributed by atoms with Crippen molar-refractivity contribution in [1.29, 1.82) is 0 Å². The van der Waals surface area contributed by atoms with Crippen molar-refractivity contribution in [1.82, 2.24) is 10.2 Å². The highest BCUT2D eigenvalue weighted by Crippen LogP contribution is 2.32. The first kappa shape index (κ1) is 53.7. The second-order valence-electron chi connectivity index (χ2n) is 16.9. The molecule has 11 nitrogen and oxygen atoms in total. The fourth-order valence-electron chi connectivity index (χ4n) is 7.80. The van der Waals surface area contributed by atoms with Crippen molar-refractivity contribution in [2.45, 2.75) is 122 Å². The van der Waals surface area contributed by atoms with E-state index in [1.165, 1.54) is 91.3 Å². The Morgan fingerprint density at radius 3 is 2.00 bits per heavy atom. The number of ether oxygens (including phenoxy) is 2. The largest absolute Gasteiger partial charge is 0.490 e. The molecule has 1 aliphatic rings. The van der Waals surface area contributed by atoms with Crippen LogP contribution in [0.2, 0.25) is 0 Å². The van der Waals surface area contributed by atoms with E-state index in [0.29, 0.717) is 30.6 Å². The highest BCUT2D eigenvalue weighted by molar-refractivity contribution is 5.89. The molecule has 0 spiro atoms. The fourth-order valence-corrected chi connectivity index (χ4v) is 7.80. The van der Waals surface area contributed by atoms with Crippen LogP contribution in [-0.4, -0.2) is 78.5 Å². The van der Waals surface area contributed by atoms with Crippen molar-refractivity contribution in [2.24, 2.45) is 5.92 Å². The normalized spacial score (nSPS) is 13.4. The Morgan fingerprint density at radius 1 is 0.754 bits per heavy atom. The number of unbranched alkanes of at least 4 members (excludes halogenated alkanes) is 6. The Kier molecular flexibility index (Phi) is 25.8. The number of aryl methyl sites for hydroxylation is 1. The minimum absolute atomic E-state index is 0.00304. The number of furan rings is 1. The van der Waals surface area contributed by atoms with Gasteiger partial charge < -0.3 is 39.4 Å². The minimum atomic E-state index is -1.26. The molecule has 6 rings (SSSR count). The zero-order valence-corrected chi connectivity index (χ0v) is 39.4. The lowest BCUT2D eigenvalue weighted by Gasteiger charge is -2.31. The molecule has 354 valence electrons. The van der Waals surface area contributed by atoms with Gasteiger partial charge in [-0.3, -0.25) is 4.79 Å². The van der Waals surface area contributed by atoms with Crippen molar-refractivity contribution in [3.05, 3.63) is 121 Å². The van der Waals surface area contributed by atoms with Crippen molar-refractivity contribution < 1.29 is 43.6 Å². The number of carbonyl (C=O) groups is 3. The maximum atomic E-state index is 10.1. The molecule has 0 bridgehead atoms. The van der Waals surface area contributed by atoms with E-state index in [-0.39, 0.29) is 6.10 Å². The molecule has 2 unspecified atom stereocenters. The van der Waals surface area contributed by atoms with Gasteiger partial charge >= 0.3 is 17.9 Å². The number of carboxylic acids is 3. The Bertz CT molecular complexity index is 2110. The molecule has 4 aromatic carbocycles. The van der Waals surface area contributed by atoms with Crippen LogP contribution in [0.3, 0.4) is 0 Å². The topological polar surface area (TPSA) is 159 Å². The number of nitrogens with one attached hydrogen (secondary N) is 1. The number of nitrogens with zero attached hydrogens (tertiary/aromatic N) is 1. The summed E-state index contributed by atoms with van der Waals surface area (Å²) in [5.74, 6) is -0.534. The third-order valence-electron chi connectivity index (χ3n) is 11.3. The fraction of sp³-hybridized carbons (Fsp3) is 0.463. The van der Waals surface area contributed by atoms with Crippen LogP contribution in [0, 0.1) is 12.8 Å². The number of carboxylic acid groups (broad SMARTS) is 3. The van der Waals surface area contributed by atoms with Crippen LogP contribution in [-0.2, 0) is 14.4 Å². The van der Waals surface area contributed by atoms with E-state index in [4.69, 9.17) is 29.2 Å². The Hall–Kier alpha value is -5.65. The van der Waals surface area contributed by atoms with E-state index in [0.717, 1.165) is 55.8 Å². The predicted molar refractivity (Wildman–Crippen MR) is 262 cm³/mol. The summed E-state index contributed by atoms with van der Waals surface area (Å²) >= 11 is 0. The molecule has 2 atom stereocenters. The van der Waals surface area contributed by atoms with E-state index in [1.807, 2.05) is 13.1 Å². The van der Waals surface area contributed by atoms with Gasteiger partial charge in [0.1, 0.15) is 23.7 Å². The summed E-state index contributed by atoms with van der Waals surface area (Å²) in [5, 5.41) is 32.3. The summed E-state index contributed by atoms with van der Waals surface area (Å²) < 4.78 is 18.0. The molecule has 1 saturated carbocycles. The number of benzene rings is 4. The molecule has 1 fully saturated rings. The maximum absolute atomic E-state index is 10.1. The average Bonchev–Trinajstić information content (AvgIpc) is 3.84. The van der Waals surface area contributed by atoms with Crippen LogP contribution in [0.5, 0.6) is 11.5 Å². The van der Waals surface area contributed by atoms with Crippen LogP contribution in [0.25, 0.3) is 21.5 Å². The highest BCUT2D eigenvalue weighted by atomic mass is 16.5. The molecule has 4 N–H and O–H groups in total. The molecule has 1 aliphatic carbocycles. The number of hydrogen-bond donors (Lipinski definition) is 4. The monoisotopic (exact) mass is 895 g/mol. The number of fused-ring (bicyclic) bond motifs is 2. The van der Waals surface area contributed by atoms with Gasteiger partial charge in [0.05, 0.1) is 12.5 Å². The molecule has 0 amide bonds. The van der Waals surface area contributed by atoms with Gasteiger partial charge in [-0.05, 0) is 124 Å². The highest BCUT2D eigenvalue weighted by Gasteiger charge is 2.25. The second kappa shape index (κ2) is 31.3. The Balaban J connectivity index is 0.000000249. The zero-order chi connectivity index (χ0) is 47.2. The van der Waals surface area contributed by atoms with Crippen LogP contribution >= 0.6 is 0 Å². The first-order chi connectivity index (χ1) is 31.4. The van der Waals surface area contributed by atoms with Crippen molar-refractivity contribution >= 4 is 39.5 Å². The minimum Gasteiger partial charge on any atom is -0.490 e. The van der Waals surface area contributed by atoms with Crippen molar-refractivity contribution in [3.63, 3.8) is 0 Å². The lowest BCUT2D eigenvalue weighted by Crippen LogP contribution is -2.31. The Labute approximate surface area is 386 Å². The van der Waals surface area contributed by atoms with Crippen molar-refractivity contribution in [3.8, 4) is 11.5 Å². The molecule has 1 heterocycles. The predicted octanol–water partition coefficient (Wildman–Crippen LogP) is 12.5. The van der Waals surface area contributed by atoms with Gasteiger partial charge in [-0.25, -0.2) is 9.59 Å². The quantitative estimate of drug-likeness (QED) is 0.0387. The first-order valence-corrected chi connectivity index (χ1v) is 23.4. The van der Waals surface area contributed by atoms with Crippen LogP contribution in [0.4, 0.5) is 0 Å². The molecule has 0 radical (unpaired) electrons. The molecule has 5 aromatic rings. The maximum Gasteiger partial charge on any atom is 0.328 e. The van der Waals surface area contributed by atoms with Gasteiger partial charge in [0.25, 0.3) is 0 Å². The van der Waals surface area contributed by atoms with E-state index in [2.05, 4.69) is 117 Å². The zero-order valence-electron chi connectivity index (χ0n) is 39.4. The number of aliphatic carboxylic acids is 3. The third kappa shape index (κ3) is 22.2. The molecule has 0 aliphatic heterocycles. The first-order valence-electron chi connectivity index (χ1n) is 23.4. The van der Waals surface area contributed by atoms with Gasteiger partial charge in [0, 0.05) is 37.1 Å². The lowest BCUT2D eigenvalue weighted by molar-refractivity contribution is -0.137. The smallest absolute Gasteiger partial charge is 0.328 e. The molecule has 11 heteroatoms. The van der Waals surface area contributed by atoms with E-state index >= 15 is 0 Å². The van der Waals surface area contributed by atoms with Crippen LogP contribution in [0.15, 0.2) is 114 Å². The van der Waals surface area contributed by atoms with E-state index in [9.17, 15) is 14.4 Å². The molecular formula is C54H74N2O9. The molecule has 65 heavy (non-hydrogen) atoms. The van der Waals surface area contributed by atoms with Gasteiger partial charge in [-0.1, -0.05) is 119 Å². The molecule has 0 saturated heterocycles. The van der Waals surface area contributed by atoms with Gasteiger partial charge in [0.2, 0.25) is 0 Å². The number of rotatable bonds is 22. The number of hydrogen-bond acceptors (Lipinski definition) is 8.